The minimum absolute atomic E-state index is 0.0145. The number of hydrogen-bond acceptors (Lipinski definition) is 2. The summed E-state index contributed by atoms with van der Waals surface area (Å²) in [5, 5.41) is 11.8. The Morgan fingerprint density at radius 3 is 2.26 bits per heavy atom. The first-order valence-corrected chi connectivity index (χ1v) is 6.07. The molecule has 0 bridgehead atoms. The monoisotopic (exact) mass is 248 g/mol. The molecule has 3 aromatic rings. The van der Waals surface area contributed by atoms with Gasteiger partial charge in [-0.25, -0.2) is 0 Å². The van der Waals surface area contributed by atoms with Crippen LogP contribution < -0.4 is 0 Å². The minimum atomic E-state index is -0.163. The van der Waals surface area contributed by atoms with Crippen LogP contribution in [0.4, 0.5) is 0 Å². The van der Waals surface area contributed by atoms with Crippen molar-refractivity contribution in [3.63, 3.8) is 0 Å². The first kappa shape index (κ1) is 11.5. The first-order valence-electron chi connectivity index (χ1n) is 6.07. The molecule has 19 heavy (non-hydrogen) atoms. The van der Waals surface area contributed by atoms with E-state index in [0.29, 0.717) is 11.1 Å². The highest BCUT2D eigenvalue weighted by Gasteiger charge is 2.12. The molecule has 0 heterocycles. The Balaban J connectivity index is 2.09. The second-order valence-electron chi connectivity index (χ2n) is 4.41. The number of phenolic OH excluding ortho intramolecular Hbond substituents is 1. The number of benzene rings is 3. The standard InChI is InChI=1S/C17H12O2/c18-16-8-4-3-7-15(16)17(19)14-10-9-12-5-1-2-6-13(12)11-14/h1-11,18H. The van der Waals surface area contributed by atoms with Gasteiger partial charge in [-0.3, -0.25) is 4.79 Å². The number of hydrogen-bond donors (Lipinski definition) is 1. The van der Waals surface area contributed by atoms with E-state index in [1.165, 1.54) is 6.07 Å². The molecule has 0 saturated heterocycles. The second kappa shape index (κ2) is 4.58. The van der Waals surface area contributed by atoms with Crippen molar-refractivity contribution in [2.75, 3.05) is 0 Å². The molecule has 0 atom stereocenters. The second-order valence-corrected chi connectivity index (χ2v) is 4.41. The van der Waals surface area contributed by atoms with Crippen LogP contribution in [0.1, 0.15) is 15.9 Å². The van der Waals surface area contributed by atoms with Crippen LogP contribution in [-0.2, 0) is 0 Å². The summed E-state index contributed by atoms with van der Waals surface area (Å²) in [7, 11) is 0. The van der Waals surface area contributed by atoms with Crippen molar-refractivity contribution in [2.45, 2.75) is 0 Å². The Morgan fingerprint density at radius 1 is 0.789 bits per heavy atom. The first-order chi connectivity index (χ1) is 9.25. The van der Waals surface area contributed by atoms with Gasteiger partial charge in [0.1, 0.15) is 5.75 Å². The van der Waals surface area contributed by atoms with E-state index in [-0.39, 0.29) is 11.5 Å². The van der Waals surface area contributed by atoms with Crippen LogP contribution in [0.5, 0.6) is 5.75 Å². The summed E-state index contributed by atoms with van der Waals surface area (Å²) in [5.41, 5.74) is 0.915. The molecular formula is C17H12O2. The largest absolute Gasteiger partial charge is 0.507 e. The van der Waals surface area contributed by atoms with Crippen LogP contribution in [0.2, 0.25) is 0 Å². The van der Waals surface area contributed by atoms with Crippen molar-refractivity contribution < 1.29 is 9.90 Å². The van der Waals surface area contributed by atoms with Crippen molar-refractivity contribution in [3.05, 3.63) is 77.9 Å². The highest BCUT2D eigenvalue weighted by atomic mass is 16.3. The molecule has 2 heteroatoms. The number of para-hydroxylation sites is 1. The third-order valence-electron chi connectivity index (χ3n) is 3.16. The van der Waals surface area contributed by atoms with E-state index in [2.05, 4.69) is 0 Å². The van der Waals surface area contributed by atoms with Crippen LogP contribution in [0, 0.1) is 0 Å². The van der Waals surface area contributed by atoms with Gasteiger partial charge in [-0.05, 0) is 29.0 Å². The van der Waals surface area contributed by atoms with E-state index >= 15 is 0 Å². The number of rotatable bonds is 2. The summed E-state index contributed by atoms with van der Waals surface area (Å²) in [6.07, 6.45) is 0. The molecule has 0 aliphatic heterocycles. The zero-order valence-electron chi connectivity index (χ0n) is 10.2. The zero-order valence-corrected chi connectivity index (χ0v) is 10.2. The number of aromatic hydroxyl groups is 1. The molecule has 92 valence electrons. The van der Waals surface area contributed by atoms with E-state index in [1.807, 2.05) is 36.4 Å². The molecule has 0 aromatic heterocycles. The summed E-state index contributed by atoms with van der Waals surface area (Å²) in [4.78, 5) is 12.4. The SMILES string of the molecule is O=C(c1ccc2ccccc2c1)c1ccccc1O. The van der Waals surface area contributed by atoms with Gasteiger partial charge in [-0.15, -0.1) is 0 Å². The van der Waals surface area contributed by atoms with Gasteiger partial charge in [0.2, 0.25) is 0 Å². The maximum absolute atomic E-state index is 12.4. The molecular weight excluding hydrogens is 236 g/mol. The van der Waals surface area contributed by atoms with Crippen LogP contribution in [-0.4, -0.2) is 10.9 Å². The number of carbonyl (C=O) groups excluding carboxylic acids is 1. The molecule has 0 fully saturated rings. The summed E-state index contributed by atoms with van der Waals surface area (Å²) >= 11 is 0. The fourth-order valence-electron chi connectivity index (χ4n) is 2.15. The van der Waals surface area contributed by atoms with Gasteiger partial charge in [0.25, 0.3) is 0 Å². The quantitative estimate of drug-likeness (QED) is 0.701. The Hall–Kier alpha value is -2.61. The minimum Gasteiger partial charge on any atom is -0.507 e. The lowest BCUT2D eigenvalue weighted by molar-refractivity contribution is 0.103. The van der Waals surface area contributed by atoms with Gasteiger partial charge < -0.3 is 5.11 Å². The molecule has 1 N–H and O–H groups in total. The molecule has 3 rings (SSSR count). The van der Waals surface area contributed by atoms with Gasteiger partial charge in [0.15, 0.2) is 5.78 Å². The van der Waals surface area contributed by atoms with Gasteiger partial charge in [0, 0.05) is 5.56 Å². The van der Waals surface area contributed by atoms with Crippen LogP contribution in [0.25, 0.3) is 10.8 Å². The Morgan fingerprint density at radius 2 is 1.47 bits per heavy atom. The lowest BCUT2D eigenvalue weighted by atomic mass is 9.99. The average molecular weight is 248 g/mol. The van der Waals surface area contributed by atoms with E-state index in [0.717, 1.165) is 10.8 Å². The van der Waals surface area contributed by atoms with E-state index in [1.54, 1.807) is 24.3 Å². The molecule has 0 spiro atoms. The molecule has 0 radical (unpaired) electrons. The van der Waals surface area contributed by atoms with Gasteiger partial charge in [0.05, 0.1) is 5.56 Å². The highest BCUT2D eigenvalue weighted by molar-refractivity contribution is 6.12. The summed E-state index contributed by atoms with van der Waals surface area (Å²) in [6.45, 7) is 0. The van der Waals surface area contributed by atoms with Crippen LogP contribution in [0.3, 0.4) is 0 Å². The molecule has 0 aliphatic rings. The highest BCUT2D eigenvalue weighted by Crippen LogP contribution is 2.22. The number of ketones is 1. The van der Waals surface area contributed by atoms with Crippen molar-refractivity contribution in [2.24, 2.45) is 0 Å². The molecule has 0 saturated carbocycles. The van der Waals surface area contributed by atoms with Gasteiger partial charge >= 0.3 is 0 Å². The molecule has 0 amide bonds. The third-order valence-corrected chi connectivity index (χ3v) is 3.16. The number of carbonyl (C=O) groups is 1. The Bertz CT molecular complexity index is 760. The molecule has 3 aromatic carbocycles. The topological polar surface area (TPSA) is 37.3 Å². The predicted molar refractivity (Wildman–Crippen MR) is 75.5 cm³/mol. The normalized spacial score (nSPS) is 10.5. The van der Waals surface area contributed by atoms with Gasteiger partial charge in [-0.1, -0.05) is 48.5 Å². The summed E-state index contributed by atoms with van der Waals surface area (Å²) in [5.74, 6) is -0.149. The summed E-state index contributed by atoms with van der Waals surface area (Å²) in [6, 6.07) is 20.0. The lowest BCUT2D eigenvalue weighted by Crippen LogP contribution is -2.01. The number of phenols is 1. The maximum Gasteiger partial charge on any atom is 0.196 e. The fourth-order valence-corrected chi connectivity index (χ4v) is 2.15. The van der Waals surface area contributed by atoms with Crippen molar-refractivity contribution >= 4 is 16.6 Å². The molecule has 2 nitrogen and oxygen atoms in total. The van der Waals surface area contributed by atoms with E-state index in [4.69, 9.17) is 0 Å². The predicted octanol–water partition coefficient (Wildman–Crippen LogP) is 3.78. The van der Waals surface area contributed by atoms with E-state index in [9.17, 15) is 9.90 Å². The van der Waals surface area contributed by atoms with Crippen LogP contribution in [0.15, 0.2) is 66.7 Å². The number of fused-ring (bicyclic) bond motifs is 1. The maximum atomic E-state index is 12.4. The van der Waals surface area contributed by atoms with Crippen LogP contribution >= 0.6 is 0 Å². The fraction of sp³-hybridized carbons (Fsp3) is 0. The Labute approximate surface area is 110 Å². The van der Waals surface area contributed by atoms with Gasteiger partial charge in [-0.2, -0.15) is 0 Å². The smallest absolute Gasteiger partial charge is 0.196 e. The lowest BCUT2D eigenvalue weighted by Gasteiger charge is -2.05. The molecule has 0 aliphatic carbocycles. The van der Waals surface area contributed by atoms with Crippen molar-refractivity contribution in [1.29, 1.82) is 0 Å². The average Bonchev–Trinajstić information content (AvgIpc) is 2.46. The summed E-state index contributed by atoms with van der Waals surface area (Å²) < 4.78 is 0. The zero-order chi connectivity index (χ0) is 13.2. The molecule has 0 unspecified atom stereocenters. The van der Waals surface area contributed by atoms with Crippen molar-refractivity contribution in [3.8, 4) is 5.75 Å². The van der Waals surface area contributed by atoms with Crippen molar-refractivity contribution in [1.82, 2.24) is 0 Å². The van der Waals surface area contributed by atoms with E-state index < -0.39 is 0 Å². The third kappa shape index (κ3) is 2.08. The Kier molecular flexibility index (Phi) is 2.76.